The van der Waals surface area contributed by atoms with Gasteiger partial charge in [-0.15, -0.1) is 0 Å². The number of hydrogen-bond acceptors (Lipinski definition) is 3. The van der Waals surface area contributed by atoms with Crippen LogP contribution in [0.25, 0.3) is 0 Å². The van der Waals surface area contributed by atoms with E-state index < -0.39 is 0 Å². The fourth-order valence-corrected chi connectivity index (χ4v) is 1.27. The van der Waals surface area contributed by atoms with Crippen molar-refractivity contribution in [2.45, 2.75) is 25.3 Å². The van der Waals surface area contributed by atoms with Crippen molar-refractivity contribution in [1.29, 1.82) is 5.26 Å². The zero-order valence-electron chi connectivity index (χ0n) is 6.26. The molecule has 0 spiro atoms. The summed E-state index contributed by atoms with van der Waals surface area (Å²) in [5, 5.41) is 13.4. The van der Waals surface area contributed by atoms with Crippen molar-refractivity contribution in [3.8, 4) is 6.19 Å². The molecular formula is C7H11N3O. The molecule has 1 heterocycles. The molecule has 4 heteroatoms. The van der Waals surface area contributed by atoms with Crippen LogP contribution in [0.4, 0.5) is 0 Å². The van der Waals surface area contributed by atoms with Crippen LogP contribution >= 0.6 is 0 Å². The van der Waals surface area contributed by atoms with Gasteiger partial charge in [-0.3, -0.25) is 10.1 Å². The summed E-state index contributed by atoms with van der Waals surface area (Å²) in [6.07, 6.45) is 4.21. The second-order valence-corrected chi connectivity index (χ2v) is 2.66. The lowest BCUT2D eigenvalue weighted by atomic mass is 10.1. The molecule has 0 aromatic heterocycles. The van der Waals surface area contributed by atoms with Gasteiger partial charge in [-0.1, -0.05) is 0 Å². The monoisotopic (exact) mass is 153 g/mol. The van der Waals surface area contributed by atoms with E-state index in [0.29, 0.717) is 6.42 Å². The molecule has 2 N–H and O–H groups in total. The van der Waals surface area contributed by atoms with Gasteiger partial charge in [0.2, 0.25) is 5.91 Å². The number of amides is 1. The first-order valence-electron chi connectivity index (χ1n) is 3.74. The third kappa shape index (κ3) is 2.56. The quantitative estimate of drug-likeness (QED) is 0.424. The standard InChI is InChI=1S/C7H11N3O/c8-5-10-7(11)4-6-2-1-3-9-6/h6,9H,1-4H2,(H,10,11). The Morgan fingerprint density at radius 2 is 2.64 bits per heavy atom. The lowest BCUT2D eigenvalue weighted by molar-refractivity contribution is -0.120. The van der Waals surface area contributed by atoms with Crippen molar-refractivity contribution in [3.05, 3.63) is 0 Å². The van der Waals surface area contributed by atoms with Crippen LogP contribution in [0.5, 0.6) is 0 Å². The molecule has 0 bridgehead atoms. The minimum Gasteiger partial charge on any atom is -0.313 e. The highest BCUT2D eigenvalue weighted by atomic mass is 16.1. The number of nitriles is 1. The smallest absolute Gasteiger partial charge is 0.234 e. The SMILES string of the molecule is N#CNC(=O)CC1CCCN1. The molecule has 1 fully saturated rings. The van der Waals surface area contributed by atoms with Crippen molar-refractivity contribution < 1.29 is 4.79 Å². The number of nitrogens with one attached hydrogen (secondary N) is 2. The molecule has 1 atom stereocenters. The van der Waals surface area contributed by atoms with Gasteiger partial charge >= 0.3 is 0 Å². The first-order chi connectivity index (χ1) is 5.33. The molecule has 11 heavy (non-hydrogen) atoms. The van der Waals surface area contributed by atoms with E-state index in [-0.39, 0.29) is 11.9 Å². The maximum Gasteiger partial charge on any atom is 0.234 e. The molecule has 4 nitrogen and oxygen atoms in total. The van der Waals surface area contributed by atoms with Gasteiger partial charge in [0, 0.05) is 12.5 Å². The van der Waals surface area contributed by atoms with Crippen LogP contribution in [0.15, 0.2) is 0 Å². The van der Waals surface area contributed by atoms with Crippen molar-refractivity contribution in [3.63, 3.8) is 0 Å². The second kappa shape index (κ2) is 3.94. The van der Waals surface area contributed by atoms with Crippen molar-refractivity contribution in [1.82, 2.24) is 10.6 Å². The Balaban J connectivity index is 2.19. The number of carbonyl (C=O) groups is 1. The summed E-state index contributed by atoms with van der Waals surface area (Å²) in [5.41, 5.74) is 0. The van der Waals surface area contributed by atoms with Gasteiger partial charge in [0.25, 0.3) is 0 Å². The third-order valence-electron chi connectivity index (χ3n) is 1.79. The molecular weight excluding hydrogens is 142 g/mol. The maximum atomic E-state index is 10.8. The summed E-state index contributed by atoms with van der Waals surface area (Å²) >= 11 is 0. The van der Waals surface area contributed by atoms with Gasteiger partial charge in [0.05, 0.1) is 0 Å². The summed E-state index contributed by atoms with van der Waals surface area (Å²) in [4.78, 5) is 10.8. The number of carbonyl (C=O) groups excluding carboxylic acids is 1. The largest absolute Gasteiger partial charge is 0.313 e. The maximum absolute atomic E-state index is 10.8. The molecule has 0 saturated carbocycles. The highest BCUT2D eigenvalue weighted by Crippen LogP contribution is 2.07. The van der Waals surface area contributed by atoms with Crippen LogP contribution in [0, 0.1) is 11.5 Å². The van der Waals surface area contributed by atoms with Gasteiger partial charge in [-0.25, -0.2) is 0 Å². The van der Waals surface area contributed by atoms with Crippen LogP contribution in [0.3, 0.4) is 0 Å². The Bertz CT molecular complexity index is 179. The molecule has 0 aromatic carbocycles. The molecule has 1 aliphatic heterocycles. The average molecular weight is 153 g/mol. The van der Waals surface area contributed by atoms with E-state index in [1.807, 2.05) is 0 Å². The molecule has 0 aliphatic carbocycles. The van der Waals surface area contributed by atoms with Crippen molar-refractivity contribution in [2.24, 2.45) is 0 Å². The molecule has 0 radical (unpaired) electrons. The van der Waals surface area contributed by atoms with Crippen molar-refractivity contribution >= 4 is 5.91 Å². The fraction of sp³-hybridized carbons (Fsp3) is 0.714. The highest BCUT2D eigenvalue weighted by Gasteiger charge is 2.16. The molecule has 1 rings (SSSR count). The average Bonchev–Trinajstić information content (AvgIpc) is 2.40. The van der Waals surface area contributed by atoms with E-state index >= 15 is 0 Å². The fourth-order valence-electron chi connectivity index (χ4n) is 1.27. The summed E-state index contributed by atoms with van der Waals surface area (Å²) in [7, 11) is 0. The summed E-state index contributed by atoms with van der Waals surface area (Å²) in [6.45, 7) is 0.991. The van der Waals surface area contributed by atoms with Gasteiger partial charge in [-0.2, -0.15) is 5.26 Å². The van der Waals surface area contributed by atoms with Gasteiger partial charge in [0.15, 0.2) is 6.19 Å². The third-order valence-corrected chi connectivity index (χ3v) is 1.79. The normalized spacial score (nSPS) is 22.6. The number of nitrogens with zero attached hydrogens (tertiary/aromatic N) is 1. The minimum absolute atomic E-state index is 0.188. The molecule has 1 unspecified atom stereocenters. The van der Waals surface area contributed by atoms with Crippen LogP contribution in [0.2, 0.25) is 0 Å². The van der Waals surface area contributed by atoms with E-state index in [1.165, 1.54) is 0 Å². The zero-order chi connectivity index (χ0) is 8.10. The molecule has 0 aromatic rings. The van der Waals surface area contributed by atoms with Crippen LogP contribution in [-0.4, -0.2) is 18.5 Å². The highest BCUT2D eigenvalue weighted by molar-refractivity contribution is 5.77. The summed E-state index contributed by atoms with van der Waals surface area (Å²) in [6, 6.07) is 0.281. The Labute approximate surface area is 65.6 Å². The van der Waals surface area contributed by atoms with E-state index in [2.05, 4.69) is 10.6 Å². The first-order valence-corrected chi connectivity index (χ1v) is 3.74. The lowest BCUT2D eigenvalue weighted by Gasteiger charge is -2.06. The second-order valence-electron chi connectivity index (χ2n) is 2.66. The van der Waals surface area contributed by atoms with Gasteiger partial charge in [0.1, 0.15) is 0 Å². The van der Waals surface area contributed by atoms with E-state index in [4.69, 9.17) is 5.26 Å². The zero-order valence-corrected chi connectivity index (χ0v) is 6.26. The Morgan fingerprint density at radius 1 is 1.82 bits per heavy atom. The number of hydrogen-bond donors (Lipinski definition) is 2. The van der Waals surface area contributed by atoms with E-state index in [0.717, 1.165) is 19.4 Å². The molecule has 1 amide bonds. The Morgan fingerprint density at radius 3 is 3.18 bits per heavy atom. The van der Waals surface area contributed by atoms with Gasteiger partial charge in [-0.05, 0) is 19.4 Å². The van der Waals surface area contributed by atoms with Crippen LogP contribution in [-0.2, 0) is 4.79 Å². The Kier molecular flexibility index (Phi) is 2.87. The number of rotatable bonds is 2. The van der Waals surface area contributed by atoms with E-state index in [9.17, 15) is 4.79 Å². The Hall–Kier alpha value is -1.08. The van der Waals surface area contributed by atoms with Crippen LogP contribution in [0.1, 0.15) is 19.3 Å². The minimum atomic E-state index is -0.188. The first kappa shape index (κ1) is 8.02. The molecule has 1 saturated heterocycles. The summed E-state index contributed by atoms with van der Waals surface area (Å²) in [5.74, 6) is -0.188. The topological polar surface area (TPSA) is 64.9 Å². The molecule has 1 aliphatic rings. The van der Waals surface area contributed by atoms with Gasteiger partial charge < -0.3 is 5.32 Å². The molecule has 60 valence electrons. The predicted molar refractivity (Wildman–Crippen MR) is 39.4 cm³/mol. The predicted octanol–water partition coefficient (Wildman–Crippen LogP) is -0.274. The lowest BCUT2D eigenvalue weighted by Crippen LogP contribution is -2.29. The summed E-state index contributed by atoms with van der Waals surface area (Å²) < 4.78 is 0. The van der Waals surface area contributed by atoms with E-state index in [1.54, 1.807) is 6.19 Å². The van der Waals surface area contributed by atoms with Crippen LogP contribution < -0.4 is 10.6 Å². The van der Waals surface area contributed by atoms with Crippen molar-refractivity contribution in [2.75, 3.05) is 6.54 Å².